The monoisotopic (exact) mass is 351 g/mol. The fourth-order valence-corrected chi connectivity index (χ4v) is 2.54. The van der Waals surface area contributed by atoms with Crippen molar-refractivity contribution in [2.75, 3.05) is 17.2 Å². The average Bonchev–Trinajstić information content (AvgIpc) is 3.05. The molecule has 0 saturated carbocycles. The Morgan fingerprint density at radius 2 is 1.81 bits per heavy atom. The van der Waals surface area contributed by atoms with Crippen LogP contribution in [0, 0.1) is 0 Å². The number of para-hydroxylation sites is 1. The Morgan fingerprint density at radius 3 is 2.58 bits per heavy atom. The highest BCUT2D eigenvalue weighted by atomic mass is 16.5. The van der Waals surface area contributed by atoms with Crippen molar-refractivity contribution in [3.05, 3.63) is 60.3 Å². The van der Waals surface area contributed by atoms with Gasteiger partial charge in [0.2, 0.25) is 0 Å². The summed E-state index contributed by atoms with van der Waals surface area (Å²) in [6.45, 7) is 2.46. The SMILES string of the molecule is CCCCOC(=O)c1ccc(NC(=O)Nc2c[nH]c3ccccc23)cc1. The number of unbranched alkanes of at least 4 members (excludes halogenated alkanes) is 1. The maximum absolute atomic E-state index is 12.2. The van der Waals surface area contributed by atoms with Gasteiger partial charge < -0.3 is 20.4 Å². The molecule has 3 aromatic rings. The van der Waals surface area contributed by atoms with E-state index in [1.54, 1.807) is 30.5 Å². The predicted octanol–water partition coefficient (Wildman–Crippen LogP) is 4.77. The number of benzene rings is 2. The van der Waals surface area contributed by atoms with E-state index in [1.807, 2.05) is 31.2 Å². The lowest BCUT2D eigenvalue weighted by molar-refractivity contribution is 0.0500. The van der Waals surface area contributed by atoms with E-state index in [-0.39, 0.29) is 12.0 Å². The number of nitrogens with one attached hydrogen (secondary N) is 3. The summed E-state index contributed by atoms with van der Waals surface area (Å²) >= 11 is 0. The third kappa shape index (κ3) is 4.22. The van der Waals surface area contributed by atoms with Gasteiger partial charge in [-0.3, -0.25) is 0 Å². The molecular weight excluding hydrogens is 330 g/mol. The Balaban J connectivity index is 1.58. The Labute approximate surface area is 151 Å². The van der Waals surface area contributed by atoms with Gasteiger partial charge in [0.05, 0.1) is 17.9 Å². The first-order valence-electron chi connectivity index (χ1n) is 8.58. The smallest absolute Gasteiger partial charge is 0.338 e. The van der Waals surface area contributed by atoms with Crippen LogP contribution in [0.15, 0.2) is 54.7 Å². The molecule has 26 heavy (non-hydrogen) atoms. The second-order valence-corrected chi connectivity index (χ2v) is 5.89. The van der Waals surface area contributed by atoms with E-state index in [9.17, 15) is 9.59 Å². The van der Waals surface area contributed by atoms with Crippen molar-refractivity contribution < 1.29 is 14.3 Å². The fourth-order valence-electron chi connectivity index (χ4n) is 2.54. The fraction of sp³-hybridized carbons (Fsp3) is 0.200. The summed E-state index contributed by atoms with van der Waals surface area (Å²) in [6, 6.07) is 14.0. The normalized spacial score (nSPS) is 10.5. The Bertz CT molecular complexity index is 900. The molecule has 0 atom stereocenters. The van der Waals surface area contributed by atoms with Crippen LogP contribution in [0.5, 0.6) is 0 Å². The molecule has 0 fully saturated rings. The van der Waals surface area contributed by atoms with Crippen LogP contribution in [0.1, 0.15) is 30.1 Å². The van der Waals surface area contributed by atoms with Crippen LogP contribution in [-0.2, 0) is 4.74 Å². The van der Waals surface area contributed by atoms with E-state index >= 15 is 0 Å². The summed E-state index contributed by atoms with van der Waals surface area (Å²) < 4.78 is 5.16. The van der Waals surface area contributed by atoms with Crippen molar-refractivity contribution in [2.45, 2.75) is 19.8 Å². The number of aromatic nitrogens is 1. The summed E-state index contributed by atoms with van der Waals surface area (Å²) in [6.07, 6.45) is 3.57. The van der Waals surface area contributed by atoms with Gasteiger partial charge in [-0.05, 0) is 36.8 Å². The lowest BCUT2D eigenvalue weighted by Crippen LogP contribution is -2.19. The van der Waals surface area contributed by atoms with Crippen molar-refractivity contribution >= 4 is 34.3 Å². The van der Waals surface area contributed by atoms with Gasteiger partial charge in [0.25, 0.3) is 0 Å². The molecule has 2 aromatic carbocycles. The molecule has 134 valence electrons. The zero-order valence-electron chi connectivity index (χ0n) is 14.5. The van der Waals surface area contributed by atoms with Crippen LogP contribution in [0.2, 0.25) is 0 Å². The van der Waals surface area contributed by atoms with Crippen LogP contribution in [0.4, 0.5) is 16.2 Å². The third-order valence-electron chi connectivity index (χ3n) is 3.95. The summed E-state index contributed by atoms with van der Waals surface area (Å²) in [5, 5.41) is 6.50. The zero-order chi connectivity index (χ0) is 18.4. The molecule has 0 aliphatic heterocycles. The van der Waals surface area contributed by atoms with Gasteiger partial charge in [-0.15, -0.1) is 0 Å². The zero-order valence-corrected chi connectivity index (χ0v) is 14.5. The van der Waals surface area contributed by atoms with Crippen LogP contribution >= 0.6 is 0 Å². The molecule has 0 saturated heterocycles. The molecule has 3 N–H and O–H groups in total. The highest BCUT2D eigenvalue weighted by Gasteiger charge is 2.09. The standard InChI is InChI=1S/C20H21N3O3/c1-2-3-12-26-19(24)14-8-10-15(11-9-14)22-20(25)23-18-13-21-17-7-5-4-6-16(17)18/h4-11,13,21H,2-3,12H2,1H3,(H2,22,23,25). The quantitative estimate of drug-likeness (QED) is 0.442. The summed E-state index contributed by atoms with van der Waals surface area (Å²) in [7, 11) is 0. The number of hydrogen-bond donors (Lipinski definition) is 3. The largest absolute Gasteiger partial charge is 0.462 e. The number of amides is 2. The number of carbonyl (C=O) groups is 2. The number of fused-ring (bicyclic) bond motifs is 1. The first-order valence-corrected chi connectivity index (χ1v) is 8.58. The minimum Gasteiger partial charge on any atom is -0.462 e. The highest BCUT2D eigenvalue weighted by Crippen LogP contribution is 2.22. The molecule has 3 rings (SSSR count). The van der Waals surface area contributed by atoms with Crippen molar-refractivity contribution in [2.24, 2.45) is 0 Å². The number of rotatable bonds is 6. The Kier molecular flexibility index (Phi) is 5.53. The maximum atomic E-state index is 12.2. The molecule has 0 aliphatic rings. The summed E-state index contributed by atoms with van der Waals surface area (Å²) in [5.74, 6) is -0.353. The van der Waals surface area contributed by atoms with E-state index < -0.39 is 0 Å². The number of urea groups is 1. The van der Waals surface area contributed by atoms with Gasteiger partial charge in [-0.2, -0.15) is 0 Å². The van der Waals surface area contributed by atoms with Crippen LogP contribution in [-0.4, -0.2) is 23.6 Å². The lowest BCUT2D eigenvalue weighted by Gasteiger charge is -2.08. The van der Waals surface area contributed by atoms with Gasteiger partial charge in [0.1, 0.15) is 0 Å². The van der Waals surface area contributed by atoms with E-state index in [4.69, 9.17) is 4.74 Å². The molecule has 0 bridgehead atoms. The van der Waals surface area contributed by atoms with Gasteiger partial charge >= 0.3 is 12.0 Å². The highest BCUT2D eigenvalue weighted by molar-refractivity contribution is 6.06. The number of ether oxygens (including phenoxy) is 1. The van der Waals surface area contributed by atoms with Crippen molar-refractivity contribution in [1.29, 1.82) is 0 Å². The molecule has 6 heteroatoms. The van der Waals surface area contributed by atoms with E-state index in [2.05, 4.69) is 15.6 Å². The average molecular weight is 351 g/mol. The number of esters is 1. The Morgan fingerprint density at radius 1 is 1.04 bits per heavy atom. The molecule has 0 spiro atoms. The molecular formula is C20H21N3O3. The van der Waals surface area contributed by atoms with Gasteiger partial charge in [-0.1, -0.05) is 31.5 Å². The van der Waals surface area contributed by atoms with E-state index in [1.165, 1.54) is 0 Å². The van der Waals surface area contributed by atoms with Gasteiger partial charge in [0.15, 0.2) is 0 Å². The molecule has 2 amide bonds. The third-order valence-corrected chi connectivity index (χ3v) is 3.95. The van der Waals surface area contributed by atoms with Crippen LogP contribution in [0.3, 0.4) is 0 Å². The molecule has 6 nitrogen and oxygen atoms in total. The number of aromatic amines is 1. The minimum atomic E-state index is -0.354. The molecule has 0 unspecified atom stereocenters. The molecule has 1 heterocycles. The van der Waals surface area contributed by atoms with Crippen molar-refractivity contribution in [3.63, 3.8) is 0 Å². The second-order valence-electron chi connectivity index (χ2n) is 5.89. The molecule has 0 radical (unpaired) electrons. The van der Waals surface area contributed by atoms with E-state index in [0.717, 1.165) is 23.7 Å². The lowest BCUT2D eigenvalue weighted by atomic mass is 10.2. The summed E-state index contributed by atoms with van der Waals surface area (Å²) in [5.41, 5.74) is 2.71. The maximum Gasteiger partial charge on any atom is 0.338 e. The topological polar surface area (TPSA) is 83.2 Å². The van der Waals surface area contributed by atoms with Gasteiger partial charge in [0, 0.05) is 22.8 Å². The number of H-pyrrole nitrogens is 1. The van der Waals surface area contributed by atoms with Crippen LogP contribution < -0.4 is 10.6 Å². The first kappa shape index (κ1) is 17.5. The number of anilines is 2. The second kappa shape index (κ2) is 8.20. The van der Waals surface area contributed by atoms with Crippen molar-refractivity contribution in [1.82, 2.24) is 4.98 Å². The minimum absolute atomic E-state index is 0.353. The molecule has 0 aliphatic carbocycles. The molecule has 1 aromatic heterocycles. The Hall–Kier alpha value is -3.28. The predicted molar refractivity (Wildman–Crippen MR) is 103 cm³/mol. The van der Waals surface area contributed by atoms with Crippen LogP contribution in [0.25, 0.3) is 10.9 Å². The van der Waals surface area contributed by atoms with E-state index in [0.29, 0.717) is 23.5 Å². The van der Waals surface area contributed by atoms with Gasteiger partial charge in [-0.25, -0.2) is 9.59 Å². The van der Waals surface area contributed by atoms with Crippen molar-refractivity contribution in [3.8, 4) is 0 Å². The number of hydrogen-bond acceptors (Lipinski definition) is 3. The summed E-state index contributed by atoms with van der Waals surface area (Å²) in [4.78, 5) is 27.2. The number of carbonyl (C=O) groups excluding carboxylic acids is 2. The first-order chi connectivity index (χ1) is 12.7.